The summed E-state index contributed by atoms with van der Waals surface area (Å²) in [6.45, 7) is 2.83. The Morgan fingerprint density at radius 3 is 2.91 bits per heavy atom. The van der Waals surface area contributed by atoms with Crippen molar-refractivity contribution in [2.24, 2.45) is 0 Å². The summed E-state index contributed by atoms with van der Waals surface area (Å²) in [5.74, 6) is 1.80. The first-order valence-corrected chi connectivity index (χ1v) is 12.1. The second kappa shape index (κ2) is 9.44. The highest BCUT2D eigenvalue weighted by atomic mass is 35.5. The van der Waals surface area contributed by atoms with Gasteiger partial charge in [-0.15, -0.1) is 10.2 Å². The van der Waals surface area contributed by atoms with Gasteiger partial charge in [0.15, 0.2) is 5.16 Å². The Bertz CT molecular complexity index is 1290. The fourth-order valence-electron chi connectivity index (χ4n) is 3.52. The summed E-state index contributed by atoms with van der Waals surface area (Å²) < 4.78 is 11.3. The van der Waals surface area contributed by atoms with Gasteiger partial charge in [-0.1, -0.05) is 35.5 Å². The molecule has 0 atom stereocenters. The highest BCUT2D eigenvalue weighted by molar-refractivity contribution is 7.99. The molecule has 2 heterocycles. The molecule has 1 saturated carbocycles. The average Bonchev–Trinajstić information content (AvgIpc) is 3.40. The van der Waals surface area contributed by atoms with E-state index >= 15 is 0 Å². The number of rotatable bonds is 9. The van der Waals surface area contributed by atoms with Crippen LogP contribution in [0.3, 0.4) is 0 Å². The van der Waals surface area contributed by atoms with E-state index in [1.807, 2.05) is 48.2 Å². The number of aromatic nitrogens is 4. The van der Waals surface area contributed by atoms with Crippen LogP contribution in [0.4, 0.5) is 0 Å². The fourth-order valence-corrected chi connectivity index (χ4v) is 4.50. The van der Waals surface area contributed by atoms with Crippen LogP contribution in [0.15, 0.2) is 52.0 Å². The first kappa shape index (κ1) is 21.8. The van der Waals surface area contributed by atoms with Gasteiger partial charge in [0, 0.05) is 12.1 Å². The number of fused-ring (bicyclic) bond motifs is 1. The summed E-state index contributed by atoms with van der Waals surface area (Å²) >= 11 is 7.61. The molecular formula is C23H22ClN5O3S. The second-order valence-corrected chi connectivity index (χ2v) is 9.05. The van der Waals surface area contributed by atoms with Crippen molar-refractivity contribution in [1.29, 1.82) is 0 Å². The van der Waals surface area contributed by atoms with E-state index in [9.17, 15) is 4.79 Å². The Labute approximate surface area is 199 Å². The van der Waals surface area contributed by atoms with Gasteiger partial charge >= 0.3 is 0 Å². The van der Waals surface area contributed by atoms with Gasteiger partial charge in [0.05, 0.1) is 40.5 Å². The van der Waals surface area contributed by atoms with Crippen molar-refractivity contribution in [1.82, 2.24) is 25.1 Å². The number of amides is 1. The van der Waals surface area contributed by atoms with Crippen molar-refractivity contribution in [2.45, 2.75) is 37.5 Å². The highest BCUT2D eigenvalue weighted by Crippen LogP contribution is 2.31. The number of thioether (sulfide) groups is 1. The monoisotopic (exact) mass is 483 g/mol. The molecule has 2 aromatic carbocycles. The number of benzene rings is 2. The van der Waals surface area contributed by atoms with Crippen molar-refractivity contribution in [2.75, 3.05) is 12.4 Å². The number of halogens is 1. The molecule has 5 rings (SSSR count). The van der Waals surface area contributed by atoms with Crippen LogP contribution in [0, 0.1) is 0 Å². The van der Waals surface area contributed by atoms with E-state index in [-0.39, 0.29) is 24.2 Å². The van der Waals surface area contributed by atoms with E-state index < -0.39 is 0 Å². The SMILES string of the molecule is CCOc1ccc2nc(SCC(=O)N(Cc3nnc(-c4ccccc4Cl)o3)C3CC3)[nH]c2c1. The number of H-pyrrole nitrogens is 1. The van der Waals surface area contributed by atoms with E-state index in [0.29, 0.717) is 34.1 Å². The number of nitrogens with zero attached hydrogens (tertiary/aromatic N) is 4. The maximum absolute atomic E-state index is 13.0. The lowest BCUT2D eigenvalue weighted by Crippen LogP contribution is -2.34. The molecule has 0 unspecified atom stereocenters. The summed E-state index contributed by atoms with van der Waals surface area (Å²) in [5, 5.41) is 9.47. The zero-order chi connectivity index (χ0) is 22.8. The number of aromatic amines is 1. The fraction of sp³-hybridized carbons (Fsp3) is 0.304. The molecule has 1 N–H and O–H groups in total. The quantitative estimate of drug-likeness (QED) is 0.336. The summed E-state index contributed by atoms with van der Waals surface area (Å²) in [4.78, 5) is 22.7. The lowest BCUT2D eigenvalue weighted by atomic mass is 10.2. The minimum absolute atomic E-state index is 0.00968. The predicted molar refractivity (Wildman–Crippen MR) is 126 cm³/mol. The largest absolute Gasteiger partial charge is 0.494 e. The molecule has 1 aliphatic carbocycles. The first-order valence-electron chi connectivity index (χ1n) is 10.7. The molecule has 1 aliphatic rings. The molecule has 10 heteroatoms. The Morgan fingerprint density at radius 2 is 2.12 bits per heavy atom. The zero-order valence-electron chi connectivity index (χ0n) is 18.0. The molecule has 33 heavy (non-hydrogen) atoms. The van der Waals surface area contributed by atoms with Gasteiger partial charge in [0.2, 0.25) is 17.7 Å². The van der Waals surface area contributed by atoms with Gasteiger partial charge in [0.1, 0.15) is 5.75 Å². The molecule has 0 aliphatic heterocycles. The van der Waals surface area contributed by atoms with Crippen LogP contribution in [-0.4, -0.2) is 49.4 Å². The third-order valence-electron chi connectivity index (χ3n) is 5.26. The minimum Gasteiger partial charge on any atom is -0.494 e. The van der Waals surface area contributed by atoms with E-state index in [1.54, 1.807) is 6.07 Å². The summed E-state index contributed by atoms with van der Waals surface area (Å²) in [7, 11) is 0. The molecule has 0 bridgehead atoms. The van der Waals surface area contributed by atoms with Crippen LogP contribution < -0.4 is 4.74 Å². The molecule has 8 nitrogen and oxygen atoms in total. The number of nitrogens with one attached hydrogen (secondary N) is 1. The maximum atomic E-state index is 13.0. The molecule has 0 radical (unpaired) electrons. The molecule has 0 saturated heterocycles. The van der Waals surface area contributed by atoms with Gasteiger partial charge in [-0.2, -0.15) is 0 Å². The molecule has 0 spiro atoms. The second-order valence-electron chi connectivity index (χ2n) is 7.68. The number of hydrogen-bond acceptors (Lipinski definition) is 7. The van der Waals surface area contributed by atoms with Gasteiger partial charge in [-0.05, 0) is 44.0 Å². The molecule has 1 fully saturated rings. The lowest BCUT2D eigenvalue weighted by molar-refractivity contribution is -0.129. The normalized spacial score (nSPS) is 13.4. The third-order valence-corrected chi connectivity index (χ3v) is 6.45. The van der Waals surface area contributed by atoms with Crippen molar-refractivity contribution < 1.29 is 13.9 Å². The number of imidazole rings is 1. The van der Waals surface area contributed by atoms with Crippen LogP contribution in [0.5, 0.6) is 5.75 Å². The van der Waals surface area contributed by atoms with Crippen molar-refractivity contribution in [3.8, 4) is 17.2 Å². The number of hydrogen-bond donors (Lipinski definition) is 1. The summed E-state index contributed by atoms with van der Waals surface area (Å²) in [6, 6.07) is 13.2. The van der Waals surface area contributed by atoms with Gasteiger partial charge in [0.25, 0.3) is 0 Å². The van der Waals surface area contributed by atoms with Crippen LogP contribution >= 0.6 is 23.4 Å². The Kier molecular flexibility index (Phi) is 6.24. The number of carbonyl (C=O) groups excluding carboxylic acids is 1. The Morgan fingerprint density at radius 1 is 1.27 bits per heavy atom. The summed E-state index contributed by atoms with van der Waals surface area (Å²) in [6.07, 6.45) is 1.96. The van der Waals surface area contributed by atoms with E-state index in [4.69, 9.17) is 20.8 Å². The lowest BCUT2D eigenvalue weighted by Gasteiger charge is -2.20. The van der Waals surface area contributed by atoms with Crippen molar-refractivity contribution >= 4 is 40.3 Å². The number of ether oxygens (including phenoxy) is 1. The van der Waals surface area contributed by atoms with Gasteiger partial charge in [-0.3, -0.25) is 4.79 Å². The first-order chi connectivity index (χ1) is 16.1. The molecular weight excluding hydrogens is 462 g/mol. The molecule has 1 amide bonds. The van der Waals surface area contributed by atoms with Gasteiger partial charge < -0.3 is 19.0 Å². The molecule has 2 aromatic heterocycles. The van der Waals surface area contributed by atoms with E-state index in [2.05, 4.69) is 20.2 Å². The molecule has 170 valence electrons. The van der Waals surface area contributed by atoms with Crippen LogP contribution in [0.1, 0.15) is 25.7 Å². The topological polar surface area (TPSA) is 97.1 Å². The van der Waals surface area contributed by atoms with Crippen LogP contribution in [0.2, 0.25) is 5.02 Å². The average molecular weight is 484 g/mol. The van der Waals surface area contributed by atoms with E-state index in [1.165, 1.54) is 11.8 Å². The standard InChI is InChI=1S/C23H22ClN5O3S/c1-2-31-15-9-10-18-19(11-15)26-23(25-18)33-13-21(30)29(14-7-8-14)12-20-27-28-22(32-20)16-5-3-4-6-17(16)24/h3-6,9-11,14H,2,7-8,12-13H2,1H3,(H,25,26). The summed E-state index contributed by atoms with van der Waals surface area (Å²) in [5.41, 5.74) is 2.40. The van der Waals surface area contributed by atoms with Crippen LogP contribution in [0.25, 0.3) is 22.5 Å². The predicted octanol–water partition coefficient (Wildman–Crippen LogP) is 4.95. The van der Waals surface area contributed by atoms with Crippen molar-refractivity contribution in [3.05, 3.63) is 53.4 Å². The smallest absolute Gasteiger partial charge is 0.249 e. The minimum atomic E-state index is 0.00968. The van der Waals surface area contributed by atoms with Gasteiger partial charge in [-0.25, -0.2) is 4.98 Å². The Balaban J connectivity index is 1.24. The van der Waals surface area contributed by atoms with Crippen molar-refractivity contribution in [3.63, 3.8) is 0 Å². The zero-order valence-corrected chi connectivity index (χ0v) is 19.5. The maximum Gasteiger partial charge on any atom is 0.249 e. The highest BCUT2D eigenvalue weighted by Gasteiger charge is 2.33. The third kappa shape index (κ3) is 4.99. The van der Waals surface area contributed by atoms with Crippen LogP contribution in [-0.2, 0) is 11.3 Å². The molecule has 4 aromatic rings. The number of carbonyl (C=O) groups is 1. The van der Waals surface area contributed by atoms with E-state index in [0.717, 1.165) is 29.6 Å². The Hall–Kier alpha value is -3.04.